The lowest BCUT2D eigenvalue weighted by Gasteiger charge is -2.11. The van der Waals surface area contributed by atoms with E-state index in [1.807, 2.05) is 6.07 Å². The van der Waals surface area contributed by atoms with Gasteiger partial charge in [0.25, 0.3) is 0 Å². The maximum Gasteiger partial charge on any atom is 0.124 e. The Labute approximate surface area is 165 Å². The number of hydrogen-bond acceptors (Lipinski definition) is 3. The standard InChI is InChI=1S/C24H27NOS/c1-15-9-21(16(2)8-18(15)6-7-25)10-17-11-24(27-14-17)22-12-19-4-3-5-20(19)13-23(22)26/h8-9,11-14,26H,3-7,10,25H2,1-2H3. The highest BCUT2D eigenvalue weighted by molar-refractivity contribution is 7.13. The summed E-state index contributed by atoms with van der Waals surface area (Å²) in [5, 5.41) is 12.7. The Hall–Kier alpha value is -2.10. The first-order chi connectivity index (χ1) is 13.0. The topological polar surface area (TPSA) is 46.2 Å². The number of fused-ring (bicyclic) bond motifs is 1. The minimum absolute atomic E-state index is 0.419. The highest BCUT2D eigenvalue weighted by Crippen LogP contribution is 2.38. The minimum Gasteiger partial charge on any atom is -0.507 e. The molecule has 1 aliphatic rings. The predicted molar refractivity (Wildman–Crippen MR) is 115 cm³/mol. The van der Waals surface area contributed by atoms with Crippen molar-refractivity contribution in [3.05, 3.63) is 74.7 Å². The maximum absolute atomic E-state index is 10.5. The Morgan fingerprint density at radius 2 is 1.67 bits per heavy atom. The highest BCUT2D eigenvalue weighted by Gasteiger charge is 2.16. The third-order valence-electron chi connectivity index (χ3n) is 5.73. The molecule has 3 aromatic rings. The average molecular weight is 378 g/mol. The lowest BCUT2D eigenvalue weighted by atomic mass is 9.94. The summed E-state index contributed by atoms with van der Waals surface area (Å²) in [6.07, 6.45) is 5.30. The summed E-state index contributed by atoms with van der Waals surface area (Å²) in [5.41, 5.74) is 16.1. The summed E-state index contributed by atoms with van der Waals surface area (Å²) >= 11 is 1.73. The Balaban J connectivity index is 1.60. The van der Waals surface area contributed by atoms with Gasteiger partial charge >= 0.3 is 0 Å². The van der Waals surface area contributed by atoms with Crippen LogP contribution in [0, 0.1) is 13.8 Å². The molecule has 0 saturated carbocycles. The van der Waals surface area contributed by atoms with Crippen molar-refractivity contribution in [2.24, 2.45) is 5.73 Å². The molecule has 3 N–H and O–H groups in total. The number of thiophene rings is 1. The van der Waals surface area contributed by atoms with Gasteiger partial charge in [-0.05, 0) is 115 Å². The maximum atomic E-state index is 10.5. The smallest absolute Gasteiger partial charge is 0.124 e. The molecule has 0 spiro atoms. The molecule has 1 aliphatic carbocycles. The first kappa shape index (κ1) is 18.3. The van der Waals surface area contributed by atoms with Crippen molar-refractivity contribution in [3.8, 4) is 16.2 Å². The molecule has 0 unspecified atom stereocenters. The molecule has 0 aliphatic heterocycles. The number of aromatic hydroxyl groups is 1. The van der Waals surface area contributed by atoms with E-state index in [0.717, 1.165) is 36.1 Å². The SMILES string of the molecule is Cc1cc(Cc2csc(-c3cc4c(cc3O)CCC4)c2)c(C)cc1CCN. The van der Waals surface area contributed by atoms with E-state index in [1.54, 1.807) is 11.3 Å². The molecule has 1 aromatic heterocycles. The van der Waals surface area contributed by atoms with Gasteiger partial charge in [0.15, 0.2) is 0 Å². The Kier molecular flexibility index (Phi) is 5.07. The summed E-state index contributed by atoms with van der Waals surface area (Å²) in [4.78, 5) is 1.16. The Morgan fingerprint density at radius 1 is 0.963 bits per heavy atom. The van der Waals surface area contributed by atoms with Gasteiger partial charge in [-0.15, -0.1) is 11.3 Å². The van der Waals surface area contributed by atoms with Crippen LogP contribution in [0.2, 0.25) is 0 Å². The van der Waals surface area contributed by atoms with E-state index in [-0.39, 0.29) is 0 Å². The third-order valence-corrected chi connectivity index (χ3v) is 6.74. The van der Waals surface area contributed by atoms with Crippen molar-refractivity contribution in [1.29, 1.82) is 0 Å². The zero-order valence-corrected chi connectivity index (χ0v) is 17.0. The zero-order chi connectivity index (χ0) is 19.0. The molecule has 0 atom stereocenters. The van der Waals surface area contributed by atoms with E-state index in [1.165, 1.54) is 45.4 Å². The quantitative estimate of drug-likeness (QED) is 0.632. The van der Waals surface area contributed by atoms with Gasteiger partial charge in [-0.2, -0.15) is 0 Å². The molecule has 0 fully saturated rings. The minimum atomic E-state index is 0.419. The van der Waals surface area contributed by atoms with Crippen molar-refractivity contribution in [3.63, 3.8) is 0 Å². The molecule has 0 radical (unpaired) electrons. The second-order valence-corrected chi connectivity index (χ2v) is 8.64. The van der Waals surface area contributed by atoms with Crippen LogP contribution in [-0.2, 0) is 25.7 Å². The number of phenolic OH excluding ortho intramolecular Hbond substituents is 1. The normalized spacial score (nSPS) is 13.1. The molecule has 4 rings (SSSR count). The molecule has 3 heteroatoms. The summed E-state index contributed by atoms with van der Waals surface area (Å²) in [6, 6.07) is 11.0. The first-order valence-electron chi connectivity index (χ1n) is 9.76. The van der Waals surface area contributed by atoms with Gasteiger partial charge in [-0.25, -0.2) is 0 Å². The summed E-state index contributed by atoms with van der Waals surface area (Å²) in [6.45, 7) is 5.06. The van der Waals surface area contributed by atoms with E-state index in [9.17, 15) is 5.11 Å². The lowest BCUT2D eigenvalue weighted by Crippen LogP contribution is -2.05. The van der Waals surface area contributed by atoms with Gasteiger partial charge in [0, 0.05) is 10.4 Å². The number of hydrogen-bond donors (Lipinski definition) is 2. The monoisotopic (exact) mass is 377 g/mol. The molecular weight excluding hydrogens is 350 g/mol. The fourth-order valence-corrected chi connectivity index (χ4v) is 5.13. The van der Waals surface area contributed by atoms with Crippen LogP contribution in [0.5, 0.6) is 5.75 Å². The average Bonchev–Trinajstić information content (AvgIpc) is 3.27. The Bertz CT molecular complexity index is 986. The zero-order valence-electron chi connectivity index (χ0n) is 16.1. The molecular formula is C24H27NOS. The van der Waals surface area contributed by atoms with E-state index in [0.29, 0.717) is 12.3 Å². The second-order valence-electron chi connectivity index (χ2n) is 7.73. The van der Waals surface area contributed by atoms with Gasteiger partial charge in [0.05, 0.1) is 0 Å². The number of rotatable bonds is 5. The summed E-state index contributed by atoms with van der Waals surface area (Å²) < 4.78 is 0. The number of phenols is 1. The molecule has 140 valence electrons. The van der Waals surface area contributed by atoms with Crippen molar-refractivity contribution in [1.82, 2.24) is 0 Å². The van der Waals surface area contributed by atoms with E-state index in [4.69, 9.17) is 5.73 Å². The summed E-state index contributed by atoms with van der Waals surface area (Å²) in [5.74, 6) is 0.419. The molecule has 0 saturated heterocycles. The molecule has 2 nitrogen and oxygen atoms in total. The van der Waals surface area contributed by atoms with Crippen LogP contribution in [-0.4, -0.2) is 11.7 Å². The molecule has 1 heterocycles. The lowest BCUT2D eigenvalue weighted by molar-refractivity contribution is 0.477. The van der Waals surface area contributed by atoms with Crippen LogP contribution in [0.4, 0.5) is 0 Å². The Morgan fingerprint density at radius 3 is 2.44 bits per heavy atom. The van der Waals surface area contributed by atoms with Crippen LogP contribution < -0.4 is 5.73 Å². The summed E-state index contributed by atoms with van der Waals surface area (Å²) in [7, 11) is 0. The molecule has 2 aromatic carbocycles. The van der Waals surface area contributed by atoms with Crippen LogP contribution in [0.3, 0.4) is 0 Å². The van der Waals surface area contributed by atoms with Gasteiger partial charge in [-0.3, -0.25) is 0 Å². The number of benzene rings is 2. The number of aryl methyl sites for hydroxylation is 4. The molecule has 0 bridgehead atoms. The first-order valence-corrected chi connectivity index (χ1v) is 10.6. The third kappa shape index (κ3) is 3.67. The van der Waals surface area contributed by atoms with Gasteiger partial charge in [0.1, 0.15) is 5.75 Å². The van der Waals surface area contributed by atoms with E-state index < -0.39 is 0 Å². The van der Waals surface area contributed by atoms with Crippen LogP contribution >= 0.6 is 11.3 Å². The van der Waals surface area contributed by atoms with E-state index >= 15 is 0 Å². The fourth-order valence-electron chi connectivity index (χ4n) is 4.19. The van der Waals surface area contributed by atoms with Crippen molar-refractivity contribution < 1.29 is 5.11 Å². The highest BCUT2D eigenvalue weighted by atomic mass is 32.1. The second kappa shape index (κ2) is 7.49. The van der Waals surface area contributed by atoms with Crippen LogP contribution in [0.15, 0.2) is 35.7 Å². The van der Waals surface area contributed by atoms with Crippen molar-refractivity contribution in [2.75, 3.05) is 6.54 Å². The van der Waals surface area contributed by atoms with Crippen molar-refractivity contribution >= 4 is 11.3 Å². The van der Waals surface area contributed by atoms with Crippen LogP contribution in [0.25, 0.3) is 10.4 Å². The van der Waals surface area contributed by atoms with Crippen molar-refractivity contribution in [2.45, 2.75) is 46.0 Å². The van der Waals surface area contributed by atoms with Gasteiger partial charge < -0.3 is 10.8 Å². The van der Waals surface area contributed by atoms with E-state index in [2.05, 4.69) is 43.5 Å². The van der Waals surface area contributed by atoms with Gasteiger partial charge in [0.2, 0.25) is 0 Å². The number of nitrogens with two attached hydrogens (primary N) is 1. The largest absolute Gasteiger partial charge is 0.507 e. The fraction of sp³-hybridized carbons (Fsp3) is 0.333. The van der Waals surface area contributed by atoms with Crippen LogP contribution in [0.1, 0.15) is 45.4 Å². The molecule has 0 amide bonds. The molecule has 27 heavy (non-hydrogen) atoms. The van der Waals surface area contributed by atoms with Gasteiger partial charge in [-0.1, -0.05) is 12.1 Å². The predicted octanol–water partition coefficient (Wildman–Crippen LogP) is 5.32.